The van der Waals surface area contributed by atoms with Crippen molar-refractivity contribution in [2.75, 3.05) is 18.6 Å². The molecule has 208 valence electrons. The number of carbonyl (C=O) groups is 1. The highest BCUT2D eigenvalue weighted by Crippen LogP contribution is 2.37. The lowest BCUT2D eigenvalue weighted by Crippen LogP contribution is -2.48. The average Bonchev–Trinajstić information content (AvgIpc) is 3.18. The Morgan fingerprint density at radius 2 is 1.87 bits per heavy atom. The number of aryl methyl sites for hydroxylation is 2. The van der Waals surface area contributed by atoms with E-state index in [1.807, 2.05) is 0 Å². The summed E-state index contributed by atoms with van der Waals surface area (Å²) < 4.78 is 59.6. The second kappa shape index (κ2) is 11.3. The van der Waals surface area contributed by atoms with Gasteiger partial charge in [0.2, 0.25) is 0 Å². The smallest absolute Gasteiger partial charge is 0.390 e. The summed E-state index contributed by atoms with van der Waals surface area (Å²) in [6.45, 7) is 0.877. The average molecular weight is 568 g/mol. The van der Waals surface area contributed by atoms with Crippen LogP contribution in [-0.4, -0.2) is 47.7 Å². The van der Waals surface area contributed by atoms with Crippen LogP contribution in [-0.2, 0) is 6.54 Å². The van der Waals surface area contributed by atoms with Crippen LogP contribution in [0.25, 0.3) is 0 Å². The number of anilines is 1. The van der Waals surface area contributed by atoms with Crippen molar-refractivity contribution in [3.63, 3.8) is 0 Å². The fourth-order valence-corrected chi connectivity index (χ4v) is 4.85. The second-order valence-corrected chi connectivity index (χ2v) is 9.71. The molecule has 2 unspecified atom stereocenters. The normalized spacial score (nSPS) is 19.3. The first-order chi connectivity index (χ1) is 18.4. The Kier molecular flexibility index (Phi) is 8.22. The zero-order valence-corrected chi connectivity index (χ0v) is 21.8. The van der Waals surface area contributed by atoms with Crippen LogP contribution in [0.15, 0.2) is 59.5 Å². The van der Waals surface area contributed by atoms with E-state index in [0.717, 1.165) is 4.57 Å². The molecule has 39 heavy (non-hydrogen) atoms. The number of aliphatic hydroxyl groups excluding tert-OH is 1. The van der Waals surface area contributed by atoms with E-state index in [-0.39, 0.29) is 29.1 Å². The summed E-state index contributed by atoms with van der Waals surface area (Å²) in [4.78, 5) is 27.6. The van der Waals surface area contributed by atoms with E-state index in [1.54, 1.807) is 6.92 Å². The molecule has 1 aliphatic heterocycles. The predicted molar refractivity (Wildman–Crippen MR) is 138 cm³/mol. The van der Waals surface area contributed by atoms with Gasteiger partial charge in [-0.3, -0.25) is 9.59 Å². The summed E-state index contributed by atoms with van der Waals surface area (Å²) in [6.07, 6.45) is -5.92. The summed E-state index contributed by atoms with van der Waals surface area (Å²) >= 11 is 5.91. The quantitative estimate of drug-likeness (QED) is 0.407. The number of alkyl halides is 3. The van der Waals surface area contributed by atoms with Crippen molar-refractivity contribution in [1.29, 1.82) is 0 Å². The zero-order valence-electron chi connectivity index (χ0n) is 21.0. The SMILES string of the molecule is COc1ccc([C@@H]2CN(c3c(C)ccn(CCC(F)(F)F)c3=O)C(O)C2NC(=O)c2ccc(Cl)cc2)c(F)c1. The van der Waals surface area contributed by atoms with Gasteiger partial charge >= 0.3 is 6.18 Å². The molecule has 12 heteroatoms. The molecule has 0 radical (unpaired) electrons. The Bertz CT molecular complexity index is 1410. The number of hydrogen-bond acceptors (Lipinski definition) is 5. The second-order valence-electron chi connectivity index (χ2n) is 9.28. The monoisotopic (exact) mass is 567 g/mol. The van der Waals surface area contributed by atoms with Gasteiger partial charge in [0.1, 0.15) is 23.5 Å². The van der Waals surface area contributed by atoms with Gasteiger partial charge in [-0.2, -0.15) is 13.2 Å². The van der Waals surface area contributed by atoms with Crippen molar-refractivity contribution in [2.45, 2.75) is 44.3 Å². The van der Waals surface area contributed by atoms with E-state index in [2.05, 4.69) is 5.32 Å². The number of nitrogens with zero attached hydrogens (tertiary/aromatic N) is 2. The third-order valence-corrected chi connectivity index (χ3v) is 7.00. The predicted octanol–water partition coefficient (Wildman–Crippen LogP) is 4.63. The van der Waals surface area contributed by atoms with Crippen LogP contribution in [0.3, 0.4) is 0 Å². The summed E-state index contributed by atoms with van der Waals surface area (Å²) in [5, 5.41) is 14.5. The Morgan fingerprint density at radius 3 is 2.49 bits per heavy atom. The first kappa shape index (κ1) is 28.4. The van der Waals surface area contributed by atoms with Crippen molar-refractivity contribution in [1.82, 2.24) is 9.88 Å². The molecule has 7 nitrogen and oxygen atoms in total. The van der Waals surface area contributed by atoms with E-state index >= 15 is 4.39 Å². The molecule has 0 aliphatic carbocycles. The molecular weight excluding hydrogens is 542 g/mol. The van der Waals surface area contributed by atoms with Crippen molar-refractivity contribution < 1.29 is 32.2 Å². The van der Waals surface area contributed by atoms with Crippen LogP contribution < -0.4 is 20.5 Å². The fourth-order valence-electron chi connectivity index (χ4n) is 4.72. The molecule has 2 aromatic carbocycles. The van der Waals surface area contributed by atoms with Gasteiger partial charge in [0.05, 0.1) is 19.6 Å². The van der Waals surface area contributed by atoms with E-state index in [1.165, 1.54) is 66.7 Å². The van der Waals surface area contributed by atoms with Gasteiger partial charge in [-0.15, -0.1) is 0 Å². The summed E-state index contributed by atoms with van der Waals surface area (Å²) in [5.41, 5.74) is 0.0290. The van der Waals surface area contributed by atoms with E-state index in [4.69, 9.17) is 16.3 Å². The minimum Gasteiger partial charge on any atom is -0.497 e. The molecule has 1 fully saturated rings. The Labute approximate surface area is 226 Å². The van der Waals surface area contributed by atoms with Crippen LogP contribution in [0, 0.1) is 12.7 Å². The number of rotatable bonds is 7. The minimum absolute atomic E-state index is 0.0330. The van der Waals surface area contributed by atoms with Crippen molar-refractivity contribution in [3.8, 4) is 5.75 Å². The Morgan fingerprint density at radius 1 is 1.18 bits per heavy atom. The zero-order chi connectivity index (χ0) is 28.5. The number of halogens is 5. The van der Waals surface area contributed by atoms with Crippen LogP contribution in [0.1, 0.15) is 33.8 Å². The van der Waals surface area contributed by atoms with Gasteiger partial charge in [-0.1, -0.05) is 17.7 Å². The maximum Gasteiger partial charge on any atom is 0.390 e. The maximum absolute atomic E-state index is 15.2. The van der Waals surface area contributed by atoms with E-state index in [9.17, 15) is 27.9 Å². The molecule has 0 saturated carbocycles. The molecule has 4 rings (SSSR count). The van der Waals surface area contributed by atoms with Crippen molar-refractivity contribution in [2.24, 2.45) is 0 Å². The number of benzene rings is 2. The number of carbonyl (C=O) groups excluding carboxylic acids is 1. The van der Waals surface area contributed by atoms with Gasteiger partial charge in [-0.25, -0.2) is 4.39 Å². The highest BCUT2D eigenvalue weighted by molar-refractivity contribution is 6.30. The number of nitrogens with one attached hydrogen (secondary N) is 1. The molecule has 1 aliphatic rings. The highest BCUT2D eigenvalue weighted by Gasteiger charge is 2.45. The van der Waals surface area contributed by atoms with Crippen LogP contribution >= 0.6 is 11.6 Å². The molecule has 0 bridgehead atoms. The third kappa shape index (κ3) is 6.20. The number of pyridine rings is 1. The van der Waals surface area contributed by atoms with Gasteiger partial charge in [0.25, 0.3) is 11.5 Å². The summed E-state index contributed by atoms with van der Waals surface area (Å²) in [5.74, 6) is -1.78. The standard InChI is InChI=1S/C27H26ClF4N3O4/c1-15-9-11-34(12-10-27(30,31)32)26(38)23(15)35-14-20(19-8-7-18(39-2)13-21(19)29)22(25(35)37)33-24(36)16-3-5-17(28)6-4-16/h3-9,11,13,20,22,25,37H,10,12,14H2,1-2H3,(H,33,36)/t20-,22?,25?/m0/s1. The Balaban J connectivity index is 1.73. The van der Waals surface area contributed by atoms with Gasteiger partial charge in [0.15, 0.2) is 0 Å². The summed E-state index contributed by atoms with van der Waals surface area (Å²) in [7, 11) is 1.38. The molecule has 2 heterocycles. The number of hydrogen-bond donors (Lipinski definition) is 2. The molecule has 3 aromatic rings. The molecular formula is C27H26ClF4N3O4. The van der Waals surface area contributed by atoms with Crippen molar-refractivity contribution >= 4 is 23.2 Å². The first-order valence-corrected chi connectivity index (χ1v) is 12.4. The van der Waals surface area contributed by atoms with Gasteiger partial charge in [-0.05, 0) is 54.4 Å². The number of aromatic nitrogens is 1. The molecule has 1 aromatic heterocycles. The minimum atomic E-state index is -4.47. The Hall–Kier alpha value is -3.57. The lowest BCUT2D eigenvalue weighted by molar-refractivity contribution is -0.136. The fraction of sp³-hybridized carbons (Fsp3) is 0.333. The van der Waals surface area contributed by atoms with Crippen molar-refractivity contribution in [3.05, 3.63) is 92.6 Å². The number of ether oxygens (including phenoxy) is 1. The van der Waals surface area contributed by atoms with Crippen LogP contribution in [0.5, 0.6) is 5.75 Å². The summed E-state index contributed by atoms with van der Waals surface area (Å²) in [6, 6.07) is 10.6. The lowest BCUT2D eigenvalue weighted by Gasteiger charge is -2.27. The third-order valence-electron chi connectivity index (χ3n) is 6.74. The number of aliphatic hydroxyl groups is 1. The topological polar surface area (TPSA) is 83.8 Å². The molecule has 1 amide bonds. The molecule has 2 N–H and O–H groups in total. The van der Waals surface area contributed by atoms with Crippen LogP contribution in [0.2, 0.25) is 5.02 Å². The van der Waals surface area contributed by atoms with Gasteiger partial charge in [0, 0.05) is 41.9 Å². The lowest BCUT2D eigenvalue weighted by atomic mass is 9.92. The molecule has 0 spiro atoms. The largest absolute Gasteiger partial charge is 0.497 e. The molecule has 1 saturated heterocycles. The number of amides is 1. The van der Waals surface area contributed by atoms with E-state index in [0.29, 0.717) is 10.6 Å². The maximum atomic E-state index is 15.2. The molecule has 3 atom stereocenters. The first-order valence-electron chi connectivity index (χ1n) is 12.0. The van der Waals surface area contributed by atoms with E-state index < -0.39 is 54.6 Å². The highest BCUT2D eigenvalue weighted by atomic mass is 35.5. The van der Waals surface area contributed by atoms with Crippen LogP contribution in [0.4, 0.5) is 23.2 Å². The number of methoxy groups -OCH3 is 1. The van der Waals surface area contributed by atoms with Gasteiger partial charge < -0.3 is 24.6 Å².